The topological polar surface area (TPSA) is 72.3 Å². The molecule has 1 aromatic rings. The van der Waals surface area contributed by atoms with Crippen molar-refractivity contribution in [2.75, 3.05) is 13.1 Å². The van der Waals surface area contributed by atoms with Crippen LogP contribution in [0.1, 0.15) is 77.5 Å². The highest BCUT2D eigenvalue weighted by Crippen LogP contribution is 2.28. The fourth-order valence-electron chi connectivity index (χ4n) is 3.88. The molecule has 1 saturated heterocycles. The number of hydrogen-bond donors (Lipinski definition) is 1. The van der Waals surface area contributed by atoms with Gasteiger partial charge in [0.15, 0.2) is 5.82 Å². The maximum absolute atomic E-state index is 12.7. The Balaban J connectivity index is 1.59. The van der Waals surface area contributed by atoms with Gasteiger partial charge < -0.3 is 19.5 Å². The predicted octanol–water partition coefficient (Wildman–Crippen LogP) is 2.84. The Labute approximate surface area is 150 Å². The lowest BCUT2D eigenvalue weighted by Gasteiger charge is -2.37. The van der Waals surface area contributed by atoms with Crippen LogP contribution in [0.4, 0.5) is 4.79 Å². The van der Waals surface area contributed by atoms with E-state index in [0.29, 0.717) is 19.0 Å². The fourth-order valence-corrected chi connectivity index (χ4v) is 3.88. The summed E-state index contributed by atoms with van der Waals surface area (Å²) in [6, 6.07) is -0.114. The maximum Gasteiger partial charge on any atom is 0.318 e. The molecular weight excluding hydrogens is 318 g/mol. The highest BCUT2D eigenvalue weighted by molar-refractivity contribution is 5.74. The van der Waals surface area contributed by atoms with E-state index >= 15 is 0 Å². The van der Waals surface area contributed by atoms with Crippen molar-refractivity contribution >= 4 is 6.03 Å². The maximum atomic E-state index is 12.7. The average molecular weight is 349 g/mol. The number of hydrogen-bond acceptors (Lipinski definition) is 4. The van der Waals surface area contributed by atoms with Crippen LogP contribution in [0, 0.1) is 0 Å². The van der Waals surface area contributed by atoms with Crippen LogP contribution in [0.5, 0.6) is 0 Å². The van der Waals surface area contributed by atoms with Crippen molar-refractivity contribution in [3.8, 4) is 0 Å². The standard InChI is InChI=1S/C18H31N5O2/c1-12(2)15-20-21-16-13(3)22(9-10-23(15)16)17(24)19-11-14-7-6-8-18(4,5)25-14/h12-14H,6-11H2,1-5H3,(H,19,24). The average Bonchev–Trinajstić information content (AvgIpc) is 2.97. The first-order valence-corrected chi connectivity index (χ1v) is 9.44. The zero-order valence-electron chi connectivity index (χ0n) is 16.1. The van der Waals surface area contributed by atoms with Gasteiger partial charge in [0.05, 0.1) is 17.7 Å². The molecular formula is C18H31N5O2. The van der Waals surface area contributed by atoms with Crippen molar-refractivity contribution in [3.63, 3.8) is 0 Å². The lowest BCUT2D eigenvalue weighted by Crippen LogP contribution is -2.49. The van der Waals surface area contributed by atoms with E-state index in [4.69, 9.17) is 4.74 Å². The Morgan fingerprint density at radius 3 is 2.80 bits per heavy atom. The molecule has 2 amide bonds. The van der Waals surface area contributed by atoms with Gasteiger partial charge in [0.1, 0.15) is 5.82 Å². The van der Waals surface area contributed by atoms with Crippen molar-refractivity contribution in [3.05, 3.63) is 11.6 Å². The number of carbonyl (C=O) groups is 1. The number of urea groups is 1. The third-order valence-corrected chi connectivity index (χ3v) is 5.26. The summed E-state index contributed by atoms with van der Waals surface area (Å²) in [5.41, 5.74) is -0.0876. The summed E-state index contributed by atoms with van der Waals surface area (Å²) >= 11 is 0. The third kappa shape index (κ3) is 3.81. The molecule has 1 fully saturated rings. The number of amides is 2. The second kappa shape index (κ2) is 6.94. The molecule has 25 heavy (non-hydrogen) atoms. The normalized spacial score (nSPS) is 25.8. The van der Waals surface area contributed by atoms with Gasteiger partial charge in [-0.1, -0.05) is 13.8 Å². The first-order valence-electron chi connectivity index (χ1n) is 9.44. The Morgan fingerprint density at radius 1 is 1.36 bits per heavy atom. The van der Waals surface area contributed by atoms with Gasteiger partial charge in [0.2, 0.25) is 0 Å². The minimum Gasteiger partial charge on any atom is -0.371 e. The summed E-state index contributed by atoms with van der Waals surface area (Å²) in [5.74, 6) is 2.21. The van der Waals surface area contributed by atoms with Crippen molar-refractivity contribution in [2.45, 2.75) is 84.1 Å². The number of carbonyl (C=O) groups excluding carboxylic acids is 1. The van der Waals surface area contributed by atoms with Crippen molar-refractivity contribution in [2.24, 2.45) is 0 Å². The van der Waals surface area contributed by atoms with E-state index in [-0.39, 0.29) is 23.8 Å². The molecule has 0 aliphatic carbocycles. The van der Waals surface area contributed by atoms with Gasteiger partial charge in [-0.15, -0.1) is 10.2 Å². The van der Waals surface area contributed by atoms with Crippen LogP contribution in [0.3, 0.4) is 0 Å². The number of aromatic nitrogens is 3. The summed E-state index contributed by atoms with van der Waals surface area (Å²) in [7, 11) is 0. The lowest BCUT2D eigenvalue weighted by atomic mass is 9.95. The molecule has 0 saturated carbocycles. The van der Waals surface area contributed by atoms with Gasteiger partial charge in [0.25, 0.3) is 0 Å². The van der Waals surface area contributed by atoms with Crippen LogP contribution in [-0.2, 0) is 11.3 Å². The van der Waals surface area contributed by atoms with Crippen molar-refractivity contribution < 1.29 is 9.53 Å². The minimum absolute atomic E-state index is 0.0418. The molecule has 2 aliphatic heterocycles. The summed E-state index contributed by atoms with van der Waals surface area (Å²) in [6.45, 7) is 12.5. The van der Waals surface area contributed by atoms with Crippen LogP contribution in [-0.4, -0.2) is 50.5 Å². The van der Waals surface area contributed by atoms with Crippen molar-refractivity contribution in [1.82, 2.24) is 25.0 Å². The van der Waals surface area contributed by atoms with E-state index in [0.717, 1.165) is 37.5 Å². The van der Waals surface area contributed by atoms with E-state index in [1.807, 2.05) is 11.8 Å². The van der Waals surface area contributed by atoms with E-state index < -0.39 is 0 Å². The Kier molecular flexibility index (Phi) is 5.04. The molecule has 140 valence electrons. The largest absolute Gasteiger partial charge is 0.371 e. The van der Waals surface area contributed by atoms with E-state index in [1.54, 1.807) is 0 Å². The van der Waals surface area contributed by atoms with Gasteiger partial charge >= 0.3 is 6.03 Å². The van der Waals surface area contributed by atoms with Crippen LogP contribution in [0.15, 0.2) is 0 Å². The summed E-state index contributed by atoms with van der Waals surface area (Å²) < 4.78 is 8.22. The Morgan fingerprint density at radius 2 is 2.12 bits per heavy atom. The summed E-state index contributed by atoms with van der Waals surface area (Å²) in [5, 5.41) is 11.7. The molecule has 1 N–H and O–H groups in total. The molecule has 2 unspecified atom stereocenters. The zero-order chi connectivity index (χ0) is 18.2. The second-order valence-electron chi connectivity index (χ2n) is 8.17. The highest BCUT2D eigenvalue weighted by Gasteiger charge is 2.33. The highest BCUT2D eigenvalue weighted by atomic mass is 16.5. The Bertz CT molecular complexity index is 625. The zero-order valence-corrected chi connectivity index (χ0v) is 16.1. The van der Waals surface area contributed by atoms with Crippen LogP contribution in [0.25, 0.3) is 0 Å². The first-order chi connectivity index (χ1) is 11.8. The number of ether oxygens (including phenoxy) is 1. The molecule has 0 aromatic carbocycles. The number of nitrogens with one attached hydrogen (secondary N) is 1. The molecule has 7 heteroatoms. The van der Waals surface area contributed by atoms with E-state index in [9.17, 15) is 4.79 Å². The van der Waals surface area contributed by atoms with Crippen molar-refractivity contribution in [1.29, 1.82) is 0 Å². The summed E-state index contributed by atoms with van der Waals surface area (Å²) in [4.78, 5) is 14.5. The first kappa shape index (κ1) is 18.2. The van der Waals surface area contributed by atoms with Gasteiger partial charge in [-0.25, -0.2) is 4.79 Å². The Hall–Kier alpha value is -1.63. The van der Waals surface area contributed by atoms with Gasteiger partial charge in [-0.3, -0.25) is 0 Å². The van der Waals surface area contributed by atoms with Crippen LogP contribution in [0.2, 0.25) is 0 Å². The molecule has 3 heterocycles. The monoisotopic (exact) mass is 349 g/mol. The quantitative estimate of drug-likeness (QED) is 0.911. The number of nitrogens with zero attached hydrogens (tertiary/aromatic N) is 4. The van der Waals surface area contributed by atoms with E-state index in [2.05, 4.69) is 47.8 Å². The third-order valence-electron chi connectivity index (χ3n) is 5.26. The summed E-state index contributed by atoms with van der Waals surface area (Å²) in [6.07, 6.45) is 3.33. The molecule has 3 rings (SSSR count). The molecule has 0 bridgehead atoms. The minimum atomic E-state index is -0.0876. The second-order valence-corrected chi connectivity index (χ2v) is 8.17. The van der Waals surface area contributed by atoms with Crippen LogP contribution >= 0.6 is 0 Å². The molecule has 0 radical (unpaired) electrons. The van der Waals surface area contributed by atoms with E-state index in [1.165, 1.54) is 0 Å². The number of rotatable bonds is 3. The predicted molar refractivity (Wildman–Crippen MR) is 95.4 cm³/mol. The van der Waals surface area contributed by atoms with Crippen LogP contribution < -0.4 is 5.32 Å². The number of fused-ring (bicyclic) bond motifs is 1. The molecule has 2 aliphatic rings. The van der Waals surface area contributed by atoms with Gasteiger partial charge in [-0.05, 0) is 40.0 Å². The molecule has 2 atom stereocenters. The fraction of sp³-hybridized carbons (Fsp3) is 0.833. The molecule has 1 aromatic heterocycles. The smallest absolute Gasteiger partial charge is 0.318 e. The van der Waals surface area contributed by atoms with Gasteiger partial charge in [-0.2, -0.15) is 0 Å². The SMILES string of the molecule is CC(C)c1nnc2n1CCN(C(=O)NCC1CCCC(C)(C)O1)C2C. The van der Waals surface area contributed by atoms with Gasteiger partial charge in [0, 0.05) is 25.6 Å². The lowest BCUT2D eigenvalue weighted by molar-refractivity contribution is -0.104. The molecule has 0 spiro atoms. The molecule has 7 nitrogen and oxygen atoms in total.